The highest BCUT2D eigenvalue weighted by molar-refractivity contribution is 7.89. The smallest absolute Gasteiger partial charge is 0.354 e. The number of nitrogens with zero attached hydrogens (tertiary/aromatic N) is 3. The van der Waals surface area contributed by atoms with Crippen LogP contribution in [0.3, 0.4) is 0 Å². The Hall–Kier alpha value is -2.19. The Bertz CT molecular complexity index is 861. The number of hydrogen-bond donors (Lipinski definition) is 0. The quantitative estimate of drug-likeness (QED) is 0.777. The van der Waals surface area contributed by atoms with Crippen LogP contribution < -0.4 is 0 Å². The molecule has 0 aliphatic carbocycles. The molecule has 1 aliphatic heterocycles. The largest absolute Gasteiger partial charge is 0.464 e. The van der Waals surface area contributed by atoms with E-state index in [0.717, 1.165) is 25.0 Å². The molecule has 0 spiro atoms. The summed E-state index contributed by atoms with van der Waals surface area (Å²) in [6.07, 6.45) is 4.15. The lowest BCUT2D eigenvalue weighted by molar-refractivity contribution is 0.0589. The Balaban J connectivity index is 2.01. The second kappa shape index (κ2) is 6.97. The number of carbonyl (C=O) groups is 1. The first-order valence-electron chi connectivity index (χ1n) is 8.13. The van der Waals surface area contributed by atoms with E-state index >= 15 is 0 Å². The Morgan fingerprint density at radius 2 is 2.04 bits per heavy atom. The minimum absolute atomic E-state index is 0.0794. The van der Waals surface area contributed by atoms with Gasteiger partial charge in [-0.3, -0.25) is 4.98 Å². The summed E-state index contributed by atoms with van der Waals surface area (Å²) < 4.78 is 34.0. The van der Waals surface area contributed by atoms with Gasteiger partial charge in [0.15, 0.2) is 5.03 Å². The van der Waals surface area contributed by atoms with E-state index in [2.05, 4.69) is 4.98 Å². The second-order valence-corrected chi connectivity index (χ2v) is 7.83. The average Bonchev–Trinajstić information content (AvgIpc) is 3.04. The molecule has 1 saturated heterocycles. The minimum Gasteiger partial charge on any atom is -0.464 e. The van der Waals surface area contributed by atoms with Crippen molar-refractivity contribution in [2.24, 2.45) is 7.05 Å². The lowest BCUT2D eigenvalue weighted by Crippen LogP contribution is -2.39. The zero-order valence-corrected chi connectivity index (χ0v) is 15.1. The number of piperidine rings is 1. The normalized spacial score (nSPS) is 18.9. The van der Waals surface area contributed by atoms with Crippen molar-refractivity contribution in [3.05, 3.63) is 47.9 Å². The third-order valence-corrected chi connectivity index (χ3v) is 6.52. The number of ether oxygens (including phenoxy) is 1. The average molecular weight is 363 g/mol. The number of hydrogen-bond acceptors (Lipinski definition) is 5. The summed E-state index contributed by atoms with van der Waals surface area (Å²) in [5, 5.41) is 0.0794. The predicted molar refractivity (Wildman–Crippen MR) is 91.5 cm³/mol. The molecular formula is C17H21N3O4S. The van der Waals surface area contributed by atoms with Crippen molar-refractivity contribution >= 4 is 16.0 Å². The third-order valence-electron chi connectivity index (χ3n) is 4.53. The van der Waals surface area contributed by atoms with Gasteiger partial charge in [0.05, 0.1) is 18.8 Å². The number of esters is 1. The third kappa shape index (κ3) is 3.19. The van der Waals surface area contributed by atoms with Crippen molar-refractivity contribution in [1.29, 1.82) is 0 Å². The highest BCUT2D eigenvalue weighted by atomic mass is 32.2. The molecule has 2 aromatic heterocycles. The molecule has 8 heteroatoms. The van der Waals surface area contributed by atoms with Crippen LogP contribution in [0.4, 0.5) is 0 Å². The van der Waals surface area contributed by atoms with E-state index < -0.39 is 16.0 Å². The van der Waals surface area contributed by atoms with Crippen LogP contribution in [-0.2, 0) is 21.8 Å². The van der Waals surface area contributed by atoms with Crippen molar-refractivity contribution in [1.82, 2.24) is 13.9 Å². The molecule has 1 atom stereocenters. The van der Waals surface area contributed by atoms with Crippen molar-refractivity contribution < 1.29 is 17.9 Å². The Kier molecular flexibility index (Phi) is 4.91. The summed E-state index contributed by atoms with van der Waals surface area (Å²) in [5.74, 6) is -0.566. The zero-order chi connectivity index (χ0) is 18.0. The highest BCUT2D eigenvalue weighted by Gasteiger charge is 2.37. The van der Waals surface area contributed by atoms with Gasteiger partial charge in [0.1, 0.15) is 5.69 Å². The van der Waals surface area contributed by atoms with Crippen LogP contribution in [0.25, 0.3) is 0 Å². The van der Waals surface area contributed by atoms with Crippen molar-refractivity contribution in [2.75, 3.05) is 13.7 Å². The molecule has 25 heavy (non-hydrogen) atoms. The fourth-order valence-electron chi connectivity index (χ4n) is 3.24. The summed E-state index contributed by atoms with van der Waals surface area (Å²) in [6, 6.07) is 8.15. The predicted octanol–water partition coefficient (Wildman–Crippen LogP) is 2.12. The highest BCUT2D eigenvalue weighted by Crippen LogP contribution is 2.34. The molecule has 0 amide bonds. The molecule has 0 aromatic carbocycles. The van der Waals surface area contributed by atoms with Crippen LogP contribution >= 0.6 is 0 Å². The number of pyridine rings is 1. The van der Waals surface area contributed by atoms with Crippen LogP contribution in [0.5, 0.6) is 0 Å². The van der Waals surface area contributed by atoms with E-state index in [1.54, 1.807) is 13.2 Å². The molecule has 0 bridgehead atoms. The van der Waals surface area contributed by atoms with Crippen LogP contribution in [-0.4, -0.2) is 41.9 Å². The second-order valence-electron chi connectivity index (χ2n) is 5.99. The molecule has 0 N–H and O–H groups in total. The van der Waals surface area contributed by atoms with Crippen LogP contribution in [0, 0.1) is 0 Å². The topological polar surface area (TPSA) is 81.5 Å². The van der Waals surface area contributed by atoms with Gasteiger partial charge in [-0.2, -0.15) is 4.31 Å². The van der Waals surface area contributed by atoms with Gasteiger partial charge in [-0.1, -0.05) is 12.5 Å². The standard InChI is InChI=1S/C17H21N3O4S/c1-19-15(17(21)24-2)9-10-16(19)25(22,23)20-12-6-4-8-14(20)13-7-3-5-11-18-13/h3,5,7,9-11,14H,4,6,8,12H2,1-2H3/t14-/m1/s1. The number of carbonyl (C=O) groups excluding carboxylic acids is 1. The van der Waals surface area contributed by atoms with Gasteiger partial charge < -0.3 is 9.30 Å². The van der Waals surface area contributed by atoms with E-state index in [4.69, 9.17) is 4.74 Å². The van der Waals surface area contributed by atoms with Crippen molar-refractivity contribution in [2.45, 2.75) is 30.3 Å². The van der Waals surface area contributed by atoms with Crippen LogP contribution in [0.1, 0.15) is 41.5 Å². The van der Waals surface area contributed by atoms with Gasteiger partial charge in [-0.15, -0.1) is 0 Å². The summed E-state index contributed by atoms with van der Waals surface area (Å²) in [7, 11) is -0.939. The molecule has 1 fully saturated rings. The summed E-state index contributed by atoms with van der Waals surface area (Å²) in [6.45, 7) is 0.433. The van der Waals surface area contributed by atoms with Gasteiger partial charge in [-0.25, -0.2) is 13.2 Å². The summed E-state index contributed by atoms with van der Waals surface area (Å²) in [4.78, 5) is 16.1. The van der Waals surface area contributed by atoms with Crippen LogP contribution in [0.2, 0.25) is 0 Å². The molecule has 0 saturated carbocycles. The van der Waals surface area contributed by atoms with Crippen LogP contribution in [0.15, 0.2) is 41.6 Å². The number of rotatable bonds is 4. The van der Waals surface area contributed by atoms with E-state index in [-0.39, 0.29) is 16.8 Å². The Morgan fingerprint density at radius 1 is 1.24 bits per heavy atom. The molecule has 1 aliphatic rings. The maximum atomic E-state index is 13.2. The molecule has 7 nitrogen and oxygen atoms in total. The molecule has 0 radical (unpaired) electrons. The van der Waals surface area contributed by atoms with E-state index in [1.165, 1.54) is 28.1 Å². The first-order chi connectivity index (χ1) is 12.0. The van der Waals surface area contributed by atoms with Gasteiger partial charge in [0.2, 0.25) is 0 Å². The molecule has 0 unspecified atom stereocenters. The fourth-order valence-corrected chi connectivity index (χ4v) is 5.09. The van der Waals surface area contributed by atoms with E-state index in [0.29, 0.717) is 6.54 Å². The molecule has 3 heterocycles. The number of aromatic nitrogens is 2. The maximum absolute atomic E-state index is 13.2. The van der Waals surface area contributed by atoms with Gasteiger partial charge in [0.25, 0.3) is 10.0 Å². The zero-order valence-electron chi connectivity index (χ0n) is 14.3. The molecule has 134 valence electrons. The van der Waals surface area contributed by atoms with Gasteiger partial charge in [0, 0.05) is 19.8 Å². The monoisotopic (exact) mass is 363 g/mol. The fraction of sp³-hybridized carbons (Fsp3) is 0.412. The van der Waals surface area contributed by atoms with E-state index in [9.17, 15) is 13.2 Å². The first-order valence-corrected chi connectivity index (χ1v) is 9.57. The first kappa shape index (κ1) is 17.6. The molecule has 3 rings (SSSR count). The van der Waals surface area contributed by atoms with Gasteiger partial charge in [-0.05, 0) is 37.1 Å². The SMILES string of the molecule is COC(=O)c1ccc(S(=O)(=O)N2CCCC[C@@H]2c2ccccn2)n1C. The summed E-state index contributed by atoms with van der Waals surface area (Å²) in [5.41, 5.74) is 0.945. The molecule has 2 aromatic rings. The summed E-state index contributed by atoms with van der Waals surface area (Å²) >= 11 is 0. The Morgan fingerprint density at radius 3 is 2.72 bits per heavy atom. The van der Waals surface area contributed by atoms with E-state index in [1.807, 2.05) is 18.2 Å². The minimum atomic E-state index is -3.76. The van der Waals surface area contributed by atoms with Crippen molar-refractivity contribution in [3.63, 3.8) is 0 Å². The van der Waals surface area contributed by atoms with Crippen molar-refractivity contribution in [3.8, 4) is 0 Å². The number of sulfonamides is 1. The molecular weight excluding hydrogens is 342 g/mol. The van der Waals surface area contributed by atoms with Gasteiger partial charge >= 0.3 is 5.97 Å². The maximum Gasteiger partial charge on any atom is 0.354 e. The lowest BCUT2D eigenvalue weighted by atomic mass is 10.0. The Labute approximate surface area is 147 Å². The number of methoxy groups -OCH3 is 1. The lowest BCUT2D eigenvalue weighted by Gasteiger charge is -2.34.